The molecule has 0 radical (unpaired) electrons. The van der Waals surface area contributed by atoms with Crippen molar-refractivity contribution >= 4 is 23.8 Å². The minimum Gasteiger partial charge on any atom is -0.349 e. The normalized spacial score (nSPS) is 20.1. The van der Waals surface area contributed by atoms with E-state index in [-0.39, 0.29) is 18.4 Å². The van der Waals surface area contributed by atoms with Crippen molar-refractivity contribution in [3.05, 3.63) is 70.7 Å². The van der Waals surface area contributed by atoms with Crippen LogP contribution in [0, 0.1) is 0 Å². The maximum Gasteiger partial charge on any atom is 0.229 e. The summed E-state index contributed by atoms with van der Waals surface area (Å²) in [4.78, 5) is 25.6. The summed E-state index contributed by atoms with van der Waals surface area (Å²) in [6.45, 7) is 0.366. The lowest BCUT2D eigenvalue weighted by molar-refractivity contribution is -0.141. The van der Waals surface area contributed by atoms with Crippen molar-refractivity contribution in [1.82, 2.24) is 4.90 Å². The Kier molecular flexibility index (Phi) is 5.28. The average Bonchev–Trinajstić information content (AvgIpc) is 3.00. The summed E-state index contributed by atoms with van der Waals surface area (Å²) >= 11 is 5.87. The summed E-state index contributed by atoms with van der Waals surface area (Å²) < 4.78 is 5.49. The molecule has 0 aliphatic carbocycles. The molecule has 0 bridgehead atoms. The van der Waals surface area contributed by atoms with Crippen molar-refractivity contribution in [1.29, 1.82) is 0 Å². The summed E-state index contributed by atoms with van der Waals surface area (Å²) in [5.74, 6) is -0.118. The van der Waals surface area contributed by atoms with Crippen molar-refractivity contribution in [2.45, 2.75) is 25.1 Å². The predicted molar refractivity (Wildman–Crippen MR) is 91.7 cm³/mol. The Morgan fingerprint density at radius 2 is 1.83 bits per heavy atom. The number of rotatable bonds is 5. The highest BCUT2D eigenvalue weighted by Crippen LogP contribution is 2.21. The molecule has 0 saturated carbocycles. The van der Waals surface area contributed by atoms with Gasteiger partial charge >= 0.3 is 0 Å². The maximum atomic E-state index is 12.7. The molecule has 1 amide bonds. The molecule has 1 saturated heterocycles. The van der Waals surface area contributed by atoms with E-state index in [2.05, 4.69) is 0 Å². The fraction of sp³-hybridized carbons (Fsp3) is 0.263. The molecule has 5 heteroatoms. The number of aldehydes is 1. The zero-order chi connectivity index (χ0) is 16.9. The first-order valence-corrected chi connectivity index (χ1v) is 8.21. The zero-order valence-corrected chi connectivity index (χ0v) is 13.9. The number of benzene rings is 2. The van der Waals surface area contributed by atoms with Gasteiger partial charge in [0.05, 0.1) is 19.1 Å². The van der Waals surface area contributed by atoms with Gasteiger partial charge in [-0.3, -0.25) is 9.59 Å². The van der Waals surface area contributed by atoms with Crippen LogP contribution >= 0.6 is 11.6 Å². The standard InChI is InChI=1S/C19H18ClNO3/c20-16-8-6-15(7-9-16)11-18(23)21-17(13-24-19(21)12-22)10-14-4-2-1-3-5-14/h1-9,12,17,19H,10-11,13H2. The van der Waals surface area contributed by atoms with Crippen LogP contribution in [0.5, 0.6) is 0 Å². The first kappa shape index (κ1) is 16.7. The minimum atomic E-state index is -0.807. The van der Waals surface area contributed by atoms with Gasteiger partial charge in [0, 0.05) is 5.02 Å². The Morgan fingerprint density at radius 3 is 2.50 bits per heavy atom. The second-order valence-corrected chi connectivity index (χ2v) is 6.24. The van der Waals surface area contributed by atoms with Crippen molar-refractivity contribution in [3.8, 4) is 0 Å². The molecule has 1 fully saturated rings. The predicted octanol–water partition coefficient (Wildman–Crippen LogP) is 2.88. The molecule has 1 aliphatic rings. The summed E-state index contributed by atoms with van der Waals surface area (Å²) in [5, 5.41) is 0.628. The molecular weight excluding hydrogens is 326 g/mol. The lowest BCUT2D eigenvalue weighted by Crippen LogP contribution is -2.44. The highest BCUT2D eigenvalue weighted by atomic mass is 35.5. The molecular formula is C19H18ClNO3. The molecule has 3 rings (SSSR count). The second-order valence-electron chi connectivity index (χ2n) is 5.81. The molecule has 4 nitrogen and oxygen atoms in total. The molecule has 0 spiro atoms. The van der Waals surface area contributed by atoms with Gasteiger partial charge in [0.15, 0.2) is 12.5 Å². The van der Waals surface area contributed by atoms with E-state index in [1.807, 2.05) is 42.5 Å². The summed E-state index contributed by atoms with van der Waals surface area (Å²) in [5.41, 5.74) is 1.97. The molecule has 1 aliphatic heterocycles. The number of hydrogen-bond acceptors (Lipinski definition) is 3. The van der Waals surface area contributed by atoms with Crippen molar-refractivity contribution in [2.75, 3.05) is 6.61 Å². The van der Waals surface area contributed by atoms with E-state index in [9.17, 15) is 9.59 Å². The van der Waals surface area contributed by atoms with Crippen LogP contribution in [0.4, 0.5) is 0 Å². The molecule has 0 aromatic heterocycles. The second kappa shape index (κ2) is 7.60. The first-order valence-electron chi connectivity index (χ1n) is 7.84. The lowest BCUT2D eigenvalue weighted by Gasteiger charge is -2.26. The largest absolute Gasteiger partial charge is 0.349 e. The van der Waals surface area contributed by atoms with Crippen LogP contribution in [0.3, 0.4) is 0 Å². The van der Waals surface area contributed by atoms with Gasteiger partial charge in [0.1, 0.15) is 0 Å². The summed E-state index contributed by atoms with van der Waals surface area (Å²) in [7, 11) is 0. The van der Waals surface area contributed by atoms with Crippen LogP contribution in [0.1, 0.15) is 11.1 Å². The van der Waals surface area contributed by atoms with Gasteiger partial charge in [-0.1, -0.05) is 54.1 Å². The first-order chi connectivity index (χ1) is 11.7. The highest BCUT2D eigenvalue weighted by molar-refractivity contribution is 6.30. The molecule has 2 aromatic rings. The number of ether oxygens (including phenoxy) is 1. The highest BCUT2D eigenvalue weighted by Gasteiger charge is 2.37. The maximum absolute atomic E-state index is 12.7. The van der Waals surface area contributed by atoms with Gasteiger partial charge in [0.2, 0.25) is 5.91 Å². The zero-order valence-electron chi connectivity index (χ0n) is 13.1. The van der Waals surface area contributed by atoms with E-state index in [0.717, 1.165) is 11.1 Å². The van der Waals surface area contributed by atoms with Crippen molar-refractivity contribution in [2.24, 2.45) is 0 Å². The SMILES string of the molecule is O=CC1OCC(Cc2ccccc2)N1C(=O)Cc1ccc(Cl)cc1. The van der Waals surface area contributed by atoms with Gasteiger partial charge in [-0.2, -0.15) is 0 Å². The Hall–Kier alpha value is -2.17. The molecule has 0 N–H and O–H groups in total. The van der Waals surface area contributed by atoms with Crippen LogP contribution in [-0.2, 0) is 27.2 Å². The number of hydrogen-bond donors (Lipinski definition) is 0. The van der Waals surface area contributed by atoms with Crippen LogP contribution < -0.4 is 0 Å². The third kappa shape index (κ3) is 3.83. The van der Waals surface area contributed by atoms with Gasteiger partial charge in [-0.15, -0.1) is 0 Å². The molecule has 124 valence electrons. The third-order valence-electron chi connectivity index (χ3n) is 4.11. The topological polar surface area (TPSA) is 46.6 Å². The Balaban J connectivity index is 1.74. The smallest absolute Gasteiger partial charge is 0.229 e. The Morgan fingerprint density at radius 1 is 1.12 bits per heavy atom. The number of amides is 1. The van der Waals surface area contributed by atoms with Crippen molar-refractivity contribution in [3.63, 3.8) is 0 Å². The summed E-state index contributed by atoms with van der Waals surface area (Å²) in [6.07, 6.45) is 0.761. The third-order valence-corrected chi connectivity index (χ3v) is 4.37. The minimum absolute atomic E-state index is 0.118. The van der Waals surface area contributed by atoms with E-state index in [0.29, 0.717) is 24.3 Å². The van der Waals surface area contributed by atoms with Gasteiger partial charge in [-0.25, -0.2) is 0 Å². The van der Waals surface area contributed by atoms with Crippen LogP contribution in [0.15, 0.2) is 54.6 Å². The Bertz CT molecular complexity index is 702. The van der Waals surface area contributed by atoms with E-state index < -0.39 is 6.23 Å². The van der Waals surface area contributed by atoms with Crippen LogP contribution in [-0.4, -0.2) is 36.0 Å². The molecule has 24 heavy (non-hydrogen) atoms. The van der Waals surface area contributed by atoms with E-state index in [1.165, 1.54) is 0 Å². The van der Waals surface area contributed by atoms with Gasteiger partial charge < -0.3 is 9.64 Å². The van der Waals surface area contributed by atoms with Crippen molar-refractivity contribution < 1.29 is 14.3 Å². The monoisotopic (exact) mass is 343 g/mol. The van der Waals surface area contributed by atoms with E-state index >= 15 is 0 Å². The fourth-order valence-electron chi connectivity index (χ4n) is 2.94. The van der Waals surface area contributed by atoms with Crippen LogP contribution in [0.25, 0.3) is 0 Å². The average molecular weight is 344 g/mol. The summed E-state index contributed by atoms with van der Waals surface area (Å²) in [6, 6.07) is 16.9. The van der Waals surface area contributed by atoms with Crippen LogP contribution in [0.2, 0.25) is 5.02 Å². The number of nitrogens with zero attached hydrogens (tertiary/aromatic N) is 1. The van der Waals surface area contributed by atoms with E-state index in [1.54, 1.807) is 17.0 Å². The quantitative estimate of drug-likeness (QED) is 0.784. The van der Waals surface area contributed by atoms with E-state index in [4.69, 9.17) is 16.3 Å². The molecule has 2 atom stereocenters. The Labute approximate surface area is 146 Å². The molecule has 2 unspecified atom stereocenters. The number of halogens is 1. The fourth-order valence-corrected chi connectivity index (χ4v) is 3.07. The van der Waals surface area contributed by atoms with Gasteiger partial charge in [-0.05, 0) is 29.7 Å². The van der Waals surface area contributed by atoms with Gasteiger partial charge in [0.25, 0.3) is 0 Å². The number of carbonyl (C=O) groups excluding carboxylic acids is 2. The number of carbonyl (C=O) groups is 2. The molecule has 1 heterocycles. The molecule has 2 aromatic carbocycles. The lowest BCUT2D eigenvalue weighted by atomic mass is 10.0.